The fourth-order valence-electron chi connectivity index (χ4n) is 2.25. The fourth-order valence-corrected chi connectivity index (χ4v) is 2.75. The molecule has 9 heteroatoms. The molecule has 0 heterocycles. The monoisotopic (exact) mass is 429 g/mol. The second-order valence-electron chi connectivity index (χ2n) is 6.00. The number of hydrogen-bond acceptors (Lipinski definition) is 6. The Kier molecular flexibility index (Phi) is 8.21. The molecule has 0 aromatic heterocycles. The molecule has 0 saturated heterocycles. The number of nitrogens with one attached hydrogen (secondary N) is 1. The summed E-state index contributed by atoms with van der Waals surface area (Å²) in [6.45, 7) is 0.853. The standard InChI is InChI=1S/C15H17N3O2.C6H6O3S/c16-12-2-1-3-14(10-12)20-9-8-19-13-6-4-11(5-7-13)15(17)18;7-10(8,9)6-4-2-1-3-5-6/h1-7,10H,8-9,16H2,(H3,17,18);1-5H,(H,7,8,9). The lowest BCUT2D eigenvalue weighted by Gasteiger charge is -2.09. The summed E-state index contributed by atoms with van der Waals surface area (Å²) in [5.41, 5.74) is 12.4. The van der Waals surface area contributed by atoms with Crippen molar-refractivity contribution in [1.82, 2.24) is 0 Å². The molecule has 3 aromatic rings. The average Bonchev–Trinajstić information content (AvgIpc) is 2.72. The molecule has 0 bridgehead atoms. The van der Waals surface area contributed by atoms with Crippen LogP contribution in [-0.4, -0.2) is 32.0 Å². The van der Waals surface area contributed by atoms with Gasteiger partial charge in [0.25, 0.3) is 10.1 Å². The number of amidine groups is 1. The predicted molar refractivity (Wildman–Crippen MR) is 116 cm³/mol. The van der Waals surface area contributed by atoms with E-state index in [9.17, 15) is 8.42 Å². The lowest BCUT2D eigenvalue weighted by Crippen LogP contribution is -2.11. The van der Waals surface area contributed by atoms with Crippen LogP contribution in [0, 0.1) is 5.41 Å². The number of benzene rings is 3. The molecule has 0 saturated carbocycles. The molecule has 3 aromatic carbocycles. The Balaban J connectivity index is 0.000000269. The quantitative estimate of drug-likeness (QED) is 0.148. The fraction of sp³-hybridized carbons (Fsp3) is 0.0952. The van der Waals surface area contributed by atoms with Crippen molar-refractivity contribution < 1.29 is 22.4 Å². The summed E-state index contributed by atoms with van der Waals surface area (Å²) in [6.07, 6.45) is 0. The van der Waals surface area contributed by atoms with Crippen LogP contribution in [-0.2, 0) is 10.1 Å². The first-order valence-electron chi connectivity index (χ1n) is 8.84. The predicted octanol–water partition coefficient (Wildman–Crippen LogP) is 2.94. The third kappa shape index (κ3) is 7.82. The second-order valence-corrected chi connectivity index (χ2v) is 7.42. The molecule has 0 amide bonds. The highest BCUT2D eigenvalue weighted by Crippen LogP contribution is 2.15. The van der Waals surface area contributed by atoms with Gasteiger partial charge in [0.1, 0.15) is 30.5 Å². The van der Waals surface area contributed by atoms with E-state index in [0.717, 1.165) is 5.75 Å². The van der Waals surface area contributed by atoms with Gasteiger partial charge in [-0.1, -0.05) is 24.3 Å². The molecule has 30 heavy (non-hydrogen) atoms. The minimum Gasteiger partial charge on any atom is -0.490 e. The van der Waals surface area contributed by atoms with Crippen molar-refractivity contribution >= 4 is 21.6 Å². The molecule has 0 fully saturated rings. The van der Waals surface area contributed by atoms with E-state index in [4.69, 9.17) is 30.9 Å². The third-order valence-corrected chi connectivity index (χ3v) is 4.55. The first-order valence-corrected chi connectivity index (χ1v) is 10.3. The van der Waals surface area contributed by atoms with Gasteiger partial charge in [-0.05, 0) is 48.5 Å². The highest BCUT2D eigenvalue weighted by atomic mass is 32.2. The van der Waals surface area contributed by atoms with E-state index in [-0.39, 0.29) is 10.7 Å². The van der Waals surface area contributed by atoms with Gasteiger partial charge in [0.15, 0.2) is 0 Å². The number of nitrogens with two attached hydrogens (primary N) is 2. The lowest BCUT2D eigenvalue weighted by molar-refractivity contribution is 0.217. The lowest BCUT2D eigenvalue weighted by atomic mass is 10.2. The van der Waals surface area contributed by atoms with Gasteiger partial charge in [-0.25, -0.2) is 0 Å². The van der Waals surface area contributed by atoms with Crippen molar-refractivity contribution in [3.63, 3.8) is 0 Å². The van der Waals surface area contributed by atoms with Crippen LogP contribution in [0.15, 0.2) is 83.8 Å². The normalized spacial score (nSPS) is 10.4. The maximum absolute atomic E-state index is 10.4. The summed E-state index contributed by atoms with van der Waals surface area (Å²) in [4.78, 5) is -0.0741. The Labute approximate surface area is 175 Å². The van der Waals surface area contributed by atoms with E-state index in [1.165, 1.54) is 12.1 Å². The summed E-state index contributed by atoms with van der Waals surface area (Å²) < 4.78 is 40.3. The van der Waals surface area contributed by atoms with Gasteiger partial charge in [-0.2, -0.15) is 8.42 Å². The Morgan fingerprint density at radius 3 is 1.97 bits per heavy atom. The van der Waals surface area contributed by atoms with Gasteiger partial charge < -0.3 is 20.9 Å². The summed E-state index contributed by atoms with van der Waals surface area (Å²) in [5.74, 6) is 1.48. The number of hydrogen-bond donors (Lipinski definition) is 4. The van der Waals surface area contributed by atoms with E-state index in [0.29, 0.717) is 30.2 Å². The van der Waals surface area contributed by atoms with Crippen LogP contribution in [0.3, 0.4) is 0 Å². The first-order chi connectivity index (χ1) is 14.3. The van der Waals surface area contributed by atoms with Gasteiger partial charge in [0.2, 0.25) is 0 Å². The molecule has 158 valence electrons. The zero-order valence-corrected chi connectivity index (χ0v) is 16.9. The zero-order chi connectivity index (χ0) is 22.0. The largest absolute Gasteiger partial charge is 0.490 e. The molecular formula is C21H23N3O5S. The summed E-state index contributed by atoms with van der Waals surface area (Å²) >= 11 is 0. The van der Waals surface area contributed by atoms with Crippen LogP contribution in [0.1, 0.15) is 5.56 Å². The summed E-state index contributed by atoms with van der Waals surface area (Å²) in [5, 5.41) is 7.29. The molecule has 3 rings (SSSR count). The number of rotatable bonds is 7. The smallest absolute Gasteiger partial charge is 0.294 e. The highest BCUT2D eigenvalue weighted by Gasteiger charge is 2.05. The van der Waals surface area contributed by atoms with Crippen molar-refractivity contribution in [2.45, 2.75) is 4.90 Å². The summed E-state index contributed by atoms with van der Waals surface area (Å²) in [7, 11) is -4.00. The topological polar surface area (TPSA) is 149 Å². The minimum atomic E-state index is -4.00. The highest BCUT2D eigenvalue weighted by molar-refractivity contribution is 7.85. The molecule has 0 aliphatic heterocycles. The zero-order valence-electron chi connectivity index (χ0n) is 16.1. The molecule has 0 aliphatic rings. The molecule has 0 unspecified atom stereocenters. The molecule has 6 N–H and O–H groups in total. The summed E-state index contributed by atoms with van der Waals surface area (Å²) in [6, 6.07) is 21.7. The Morgan fingerprint density at radius 2 is 1.47 bits per heavy atom. The molecule has 0 atom stereocenters. The van der Waals surface area contributed by atoms with Crippen molar-refractivity contribution in [3.8, 4) is 11.5 Å². The maximum atomic E-state index is 10.4. The van der Waals surface area contributed by atoms with Crippen molar-refractivity contribution in [2.75, 3.05) is 18.9 Å². The number of nitrogen functional groups attached to an aromatic ring is 2. The van der Waals surface area contributed by atoms with Gasteiger partial charge in [-0.3, -0.25) is 9.96 Å². The number of anilines is 1. The molecule has 8 nitrogen and oxygen atoms in total. The van der Waals surface area contributed by atoms with Gasteiger partial charge in [-0.15, -0.1) is 0 Å². The van der Waals surface area contributed by atoms with E-state index in [2.05, 4.69) is 0 Å². The van der Waals surface area contributed by atoms with Gasteiger partial charge in [0, 0.05) is 17.3 Å². The average molecular weight is 429 g/mol. The van der Waals surface area contributed by atoms with Gasteiger partial charge >= 0.3 is 0 Å². The molecular weight excluding hydrogens is 406 g/mol. The Morgan fingerprint density at radius 1 is 0.867 bits per heavy atom. The van der Waals surface area contributed by atoms with Crippen molar-refractivity contribution in [2.24, 2.45) is 5.73 Å². The Hall–Kier alpha value is -3.56. The molecule has 0 spiro atoms. The SMILES string of the molecule is N=C(N)c1ccc(OCCOc2cccc(N)c2)cc1.O=S(=O)(O)c1ccccc1. The van der Waals surface area contributed by atoms with E-state index in [1.54, 1.807) is 54.6 Å². The van der Waals surface area contributed by atoms with Crippen LogP contribution in [0.2, 0.25) is 0 Å². The minimum absolute atomic E-state index is 0.0431. The second kappa shape index (κ2) is 10.8. The maximum Gasteiger partial charge on any atom is 0.294 e. The van der Waals surface area contributed by atoms with Crippen LogP contribution >= 0.6 is 0 Å². The van der Waals surface area contributed by atoms with Crippen LogP contribution < -0.4 is 20.9 Å². The van der Waals surface area contributed by atoms with Crippen LogP contribution in [0.4, 0.5) is 5.69 Å². The third-order valence-electron chi connectivity index (χ3n) is 3.69. The van der Waals surface area contributed by atoms with Crippen LogP contribution in [0.5, 0.6) is 11.5 Å². The number of ether oxygens (including phenoxy) is 2. The van der Waals surface area contributed by atoms with Crippen molar-refractivity contribution in [1.29, 1.82) is 5.41 Å². The molecule has 0 aliphatic carbocycles. The molecule has 0 radical (unpaired) electrons. The van der Waals surface area contributed by atoms with Crippen molar-refractivity contribution in [3.05, 3.63) is 84.4 Å². The Bertz CT molecular complexity index is 1060. The first kappa shape index (κ1) is 22.7. The van der Waals surface area contributed by atoms with E-state index in [1.807, 2.05) is 12.1 Å². The van der Waals surface area contributed by atoms with E-state index >= 15 is 0 Å². The van der Waals surface area contributed by atoms with E-state index < -0.39 is 10.1 Å². The van der Waals surface area contributed by atoms with Gasteiger partial charge in [0.05, 0.1) is 4.90 Å². The van der Waals surface area contributed by atoms with Crippen LogP contribution in [0.25, 0.3) is 0 Å².